The molecular formula is C82H158NO8+. The number of carboxylic acid groups (broad SMARTS) is 1. The lowest BCUT2D eigenvalue weighted by atomic mass is 10.0. The molecule has 0 heterocycles. The number of unbranched alkanes of at least 4 members (excludes halogenated alkanes) is 58. The van der Waals surface area contributed by atoms with Crippen LogP contribution in [0.5, 0.6) is 0 Å². The summed E-state index contributed by atoms with van der Waals surface area (Å²) in [5, 5.41) is 9.77. The average molecular weight is 1290 g/mol. The summed E-state index contributed by atoms with van der Waals surface area (Å²) in [6.07, 6.45) is 90.6. The molecule has 0 aliphatic carbocycles. The minimum absolute atomic E-state index is 0.173. The van der Waals surface area contributed by atoms with Crippen LogP contribution in [0.1, 0.15) is 425 Å². The molecule has 0 saturated carbocycles. The van der Waals surface area contributed by atoms with Gasteiger partial charge in [-0.15, -0.1) is 0 Å². The first kappa shape index (κ1) is 88.8. The molecule has 0 bridgehead atoms. The summed E-state index contributed by atoms with van der Waals surface area (Å²) in [5.74, 6) is -1.97. The van der Waals surface area contributed by atoms with Gasteiger partial charge in [0.1, 0.15) is 13.2 Å². The van der Waals surface area contributed by atoms with E-state index in [1.165, 1.54) is 353 Å². The fraction of sp³-hybridized carbons (Fsp3) is 0.915. The SMILES string of the molecule is CCCCCCC/C=C\C/C=C\CCCCCCCCCCCCCCCCCCCCCCCCCCCCCCCC(=O)OC(COC(=O)CCCCCCCCCCCCCCCCCCCCCCCCCCC)COC(OCC[N+](C)(C)C)C(=O)O. The number of carbonyl (C=O) groups excluding carboxylic acids is 2. The van der Waals surface area contributed by atoms with Gasteiger partial charge in [-0.25, -0.2) is 4.79 Å². The van der Waals surface area contributed by atoms with Crippen LogP contribution in [0.3, 0.4) is 0 Å². The van der Waals surface area contributed by atoms with Crippen molar-refractivity contribution < 1.29 is 42.9 Å². The Kier molecular flexibility index (Phi) is 71.8. The number of carbonyl (C=O) groups is 3. The smallest absolute Gasteiger partial charge is 0.361 e. The van der Waals surface area contributed by atoms with Crippen molar-refractivity contribution in [1.29, 1.82) is 0 Å². The molecule has 0 radical (unpaired) electrons. The fourth-order valence-electron chi connectivity index (χ4n) is 12.5. The van der Waals surface area contributed by atoms with Gasteiger partial charge in [-0.3, -0.25) is 9.59 Å². The van der Waals surface area contributed by atoms with Crippen molar-refractivity contribution in [1.82, 2.24) is 0 Å². The second kappa shape index (κ2) is 73.6. The van der Waals surface area contributed by atoms with Crippen LogP contribution in [0.25, 0.3) is 0 Å². The maximum absolute atomic E-state index is 13.0. The third-order valence-corrected chi connectivity index (χ3v) is 18.7. The van der Waals surface area contributed by atoms with Crippen LogP contribution < -0.4 is 0 Å². The molecule has 0 amide bonds. The van der Waals surface area contributed by atoms with Crippen LogP contribution >= 0.6 is 0 Å². The fourth-order valence-corrected chi connectivity index (χ4v) is 12.5. The molecule has 0 aromatic rings. The number of ether oxygens (including phenoxy) is 4. The Morgan fingerprint density at radius 1 is 0.330 bits per heavy atom. The molecule has 2 unspecified atom stereocenters. The molecule has 0 rings (SSSR count). The van der Waals surface area contributed by atoms with E-state index in [4.69, 9.17) is 18.9 Å². The summed E-state index contributed by atoms with van der Waals surface area (Å²) in [7, 11) is 6.00. The topological polar surface area (TPSA) is 108 Å². The number of quaternary nitrogens is 1. The van der Waals surface area contributed by atoms with Crippen molar-refractivity contribution in [3.05, 3.63) is 24.3 Å². The Labute approximate surface area is 567 Å². The normalized spacial score (nSPS) is 12.7. The van der Waals surface area contributed by atoms with E-state index in [1.54, 1.807) is 0 Å². The number of aliphatic carboxylic acids is 1. The number of likely N-dealkylation sites (N-methyl/N-ethyl adjacent to an activating group) is 1. The number of hydrogen-bond acceptors (Lipinski definition) is 7. The second-order valence-corrected chi connectivity index (χ2v) is 29.1. The van der Waals surface area contributed by atoms with Gasteiger partial charge in [0.25, 0.3) is 6.29 Å². The van der Waals surface area contributed by atoms with Crippen LogP contribution in [-0.4, -0.2) is 87.4 Å². The molecule has 0 aromatic carbocycles. The van der Waals surface area contributed by atoms with Crippen molar-refractivity contribution >= 4 is 17.9 Å². The van der Waals surface area contributed by atoms with Crippen LogP contribution in [0, 0.1) is 0 Å². The summed E-state index contributed by atoms with van der Waals surface area (Å²) in [6, 6.07) is 0. The van der Waals surface area contributed by atoms with Gasteiger partial charge in [0.05, 0.1) is 34.4 Å². The molecule has 1 N–H and O–H groups in total. The number of carboxylic acids is 1. The Morgan fingerprint density at radius 2 is 0.593 bits per heavy atom. The molecule has 0 saturated heterocycles. The van der Waals surface area contributed by atoms with Crippen LogP contribution in [0.15, 0.2) is 24.3 Å². The summed E-state index contributed by atoms with van der Waals surface area (Å²) < 4.78 is 23.1. The minimum Gasteiger partial charge on any atom is -0.477 e. The Balaban J connectivity index is 3.91. The van der Waals surface area contributed by atoms with Crippen molar-refractivity contribution in [2.75, 3.05) is 47.5 Å². The van der Waals surface area contributed by atoms with Crippen molar-refractivity contribution in [3.63, 3.8) is 0 Å². The van der Waals surface area contributed by atoms with E-state index >= 15 is 0 Å². The van der Waals surface area contributed by atoms with Crippen molar-refractivity contribution in [2.45, 2.75) is 437 Å². The summed E-state index contributed by atoms with van der Waals surface area (Å²) in [5.41, 5.74) is 0. The molecule has 0 aromatic heterocycles. The highest BCUT2D eigenvalue weighted by atomic mass is 16.7. The molecule has 538 valence electrons. The zero-order valence-corrected chi connectivity index (χ0v) is 61.8. The molecule has 0 spiro atoms. The molecule has 91 heavy (non-hydrogen) atoms. The first-order valence-corrected chi connectivity index (χ1v) is 40.5. The molecule has 0 aliphatic heterocycles. The van der Waals surface area contributed by atoms with Gasteiger partial charge in [0.2, 0.25) is 0 Å². The van der Waals surface area contributed by atoms with Gasteiger partial charge in [0.15, 0.2) is 6.10 Å². The Hall–Kier alpha value is -2.23. The van der Waals surface area contributed by atoms with Crippen LogP contribution in [-0.2, 0) is 33.3 Å². The maximum Gasteiger partial charge on any atom is 0.361 e. The van der Waals surface area contributed by atoms with E-state index in [2.05, 4.69) is 38.2 Å². The highest BCUT2D eigenvalue weighted by Crippen LogP contribution is 2.20. The summed E-state index contributed by atoms with van der Waals surface area (Å²) in [6.45, 7) is 4.96. The third-order valence-electron chi connectivity index (χ3n) is 18.7. The van der Waals surface area contributed by atoms with E-state index < -0.39 is 18.4 Å². The second-order valence-electron chi connectivity index (χ2n) is 29.1. The van der Waals surface area contributed by atoms with Gasteiger partial charge in [-0.1, -0.05) is 391 Å². The molecule has 9 nitrogen and oxygen atoms in total. The lowest BCUT2D eigenvalue weighted by Crippen LogP contribution is -2.40. The Bertz CT molecular complexity index is 1540. The molecule has 9 heteroatoms. The van der Waals surface area contributed by atoms with Gasteiger partial charge in [-0.05, 0) is 44.9 Å². The largest absolute Gasteiger partial charge is 0.477 e. The first-order valence-electron chi connectivity index (χ1n) is 40.5. The van der Waals surface area contributed by atoms with E-state index in [0.717, 1.165) is 44.9 Å². The van der Waals surface area contributed by atoms with Gasteiger partial charge < -0.3 is 28.5 Å². The van der Waals surface area contributed by atoms with E-state index in [-0.39, 0.29) is 38.2 Å². The maximum atomic E-state index is 13.0. The lowest BCUT2D eigenvalue weighted by molar-refractivity contribution is -0.870. The molecular weight excluding hydrogens is 1130 g/mol. The van der Waals surface area contributed by atoms with Gasteiger partial charge >= 0.3 is 17.9 Å². The first-order chi connectivity index (χ1) is 44.6. The zero-order valence-electron chi connectivity index (χ0n) is 61.8. The molecule has 0 fully saturated rings. The third kappa shape index (κ3) is 75.0. The predicted octanol–water partition coefficient (Wildman–Crippen LogP) is 25.7. The number of hydrogen-bond donors (Lipinski definition) is 1. The predicted molar refractivity (Wildman–Crippen MR) is 392 cm³/mol. The Morgan fingerprint density at radius 3 is 0.868 bits per heavy atom. The monoisotopic (exact) mass is 1290 g/mol. The van der Waals surface area contributed by atoms with Gasteiger partial charge in [-0.2, -0.15) is 0 Å². The van der Waals surface area contributed by atoms with Crippen molar-refractivity contribution in [3.8, 4) is 0 Å². The van der Waals surface area contributed by atoms with Crippen molar-refractivity contribution in [2.24, 2.45) is 0 Å². The summed E-state index contributed by atoms with van der Waals surface area (Å²) in [4.78, 5) is 37.7. The van der Waals surface area contributed by atoms with E-state index in [1.807, 2.05) is 21.1 Å². The van der Waals surface area contributed by atoms with Crippen LogP contribution in [0.4, 0.5) is 0 Å². The van der Waals surface area contributed by atoms with Gasteiger partial charge in [0, 0.05) is 12.8 Å². The van der Waals surface area contributed by atoms with E-state index in [9.17, 15) is 19.5 Å². The zero-order chi connectivity index (χ0) is 66.1. The number of allylic oxidation sites excluding steroid dienone is 4. The number of esters is 2. The average Bonchev–Trinajstić information content (AvgIpc) is 3.53. The number of nitrogens with zero attached hydrogens (tertiary/aromatic N) is 1. The number of rotatable bonds is 77. The summed E-state index contributed by atoms with van der Waals surface area (Å²) >= 11 is 0. The van der Waals surface area contributed by atoms with E-state index in [0.29, 0.717) is 17.4 Å². The molecule has 0 aliphatic rings. The highest BCUT2D eigenvalue weighted by molar-refractivity contribution is 5.71. The minimum atomic E-state index is -1.51. The standard InChI is InChI=1S/C82H157NO8/c1-6-8-10-12-14-16-18-20-22-24-26-28-30-32-33-34-35-36-37-38-39-40-41-42-43-44-45-46-47-49-51-53-55-57-59-61-63-65-67-69-71-73-80(85)91-78(77-90-82(81(86)87)88-75-74-83(3,4)5)76-89-79(84)72-70-68-66-64-62-60-58-56-54-52-50-48-31-29-27-25-23-21-19-17-15-13-11-9-7-2/h18,20,24,26,78,82H,6-17,19,21-23,25,27-77H2,1-5H3/p+1/b20-18-,26-24-. The highest BCUT2D eigenvalue weighted by Gasteiger charge is 2.25. The lowest BCUT2D eigenvalue weighted by Gasteiger charge is -2.25. The quantitative estimate of drug-likeness (QED) is 0.0211. The van der Waals surface area contributed by atoms with Crippen LogP contribution in [0.2, 0.25) is 0 Å². The molecule has 2 atom stereocenters.